The van der Waals surface area contributed by atoms with Gasteiger partial charge in [-0.3, -0.25) is 0 Å². The topological polar surface area (TPSA) is 75.6 Å². The maximum Gasteiger partial charge on any atom is 0.418 e. The third-order valence-electron chi connectivity index (χ3n) is 6.85. The minimum atomic E-state index is -0.322. The Labute approximate surface area is 211 Å². The third-order valence-corrected chi connectivity index (χ3v) is 6.85. The Morgan fingerprint density at radius 1 is 0.889 bits per heavy atom. The van der Waals surface area contributed by atoms with Gasteiger partial charge in [0.2, 0.25) is 0 Å². The number of hydrogen-bond donors (Lipinski definition) is 2. The highest BCUT2D eigenvalue weighted by Crippen LogP contribution is 2.29. The molecule has 3 aromatic carbocycles. The molecule has 0 aliphatic carbocycles. The number of nitrogens with one attached hydrogen (secondary N) is 2. The van der Waals surface area contributed by atoms with Crippen LogP contribution in [0.25, 0.3) is 21.8 Å². The third kappa shape index (κ3) is 5.36. The highest BCUT2D eigenvalue weighted by atomic mass is 16.5. The Morgan fingerprint density at radius 3 is 2.11 bits per heavy atom. The molecule has 1 aliphatic rings. The number of hydrogen-bond acceptors (Lipinski definition) is 4. The molecule has 7 heteroatoms. The van der Waals surface area contributed by atoms with Crippen LogP contribution in [0, 0.1) is 5.92 Å². The van der Waals surface area contributed by atoms with E-state index in [0.717, 1.165) is 60.0 Å². The molecule has 186 valence electrons. The summed E-state index contributed by atoms with van der Waals surface area (Å²) in [6, 6.07) is 25.1. The number of piperidine rings is 1. The molecule has 36 heavy (non-hydrogen) atoms. The average molecular weight is 485 g/mol. The number of ether oxygens (including phenoxy) is 1. The van der Waals surface area contributed by atoms with E-state index in [0.29, 0.717) is 12.5 Å². The summed E-state index contributed by atoms with van der Waals surface area (Å²) in [5, 5.41) is 7.98. The molecule has 1 saturated heterocycles. The largest absolute Gasteiger partial charge is 0.449 e. The van der Waals surface area contributed by atoms with E-state index in [1.807, 2.05) is 85.8 Å². The smallest absolute Gasteiger partial charge is 0.418 e. The zero-order chi connectivity index (χ0) is 24.9. The summed E-state index contributed by atoms with van der Waals surface area (Å²) in [7, 11) is 0. The zero-order valence-corrected chi connectivity index (χ0v) is 20.5. The van der Waals surface area contributed by atoms with E-state index in [1.165, 1.54) is 0 Å². The molecule has 1 atom stereocenters. The van der Waals surface area contributed by atoms with Crippen LogP contribution in [0.1, 0.15) is 19.8 Å². The van der Waals surface area contributed by atoms with Gasteiger partial charge >= 0.3 is 12.1 Å². The minimum Gasteiger partial charge on any atom is -0.449 e. The van der Waals surface area contributed by atoms with Crippen LogP contribution in [0.5, 0.6) is 0 Å². The first-order valence-corrected chi connectivity index (χ1v) is 12.6. The quantitative estimate of drug-likeness (QED) is 0.368. The first-order chi connectivity index (χ1) is 17.6. The predicted octanol–water partition coefficient (Wildman–Crippen LogP) is 5.70. The second-order valence-electron chi connectivity index (χ2n) is 9.56. The van der Waals surface area contributed by atoms with Gasteiger partial charge in [0.15, 0.2) is 0 Å². The van der Waals surface area contributed by atoms with Crippen LogP contribution in [0.3, 0.4) is 0 Å². The molecule has 0 saturated carbocycles. The molecule has 2 amide bonds. The average Bonchev–Trinajstić information content (AvgIpc) is 3.23. The van der Waals surface area contributed by atoms with Gasteiger partial charge in [-0.1, -0.05) is 54.6 Å². The molecule has 1 aliphatic heterocycles. The predicted molar refractivity (Wildman–Crippen MR) is 143 cm³/mol. The maximum atomic E-state index is 13.1. The monoisotopic (exact) mass is 484 g/mol. The number of benzene rings is 3. The lowest BCUT2D eigenvalue weighted by atomic mass is 9.97. The van der Waals surface area contributed by atoms with E-state index in [-0.39, 0.29) is 18.2 Å². The van der Waals surface area contributed by atoms with Crippen LogP contribution in [-0.2, 0) is 4.74 Å². The van der Waals surface area contributed by atoms with Gasteiger partial charge in [0.1, 0.15) is 0 Å². The molecule has 4 aromatic rings. The number of rotatable bonds is 6. The van der Waals surface area contributed by atoms with Gasteiger partial charge < -0.3 is 20.3 Å². The van der Waals surface area contributed by atoms with Crippen LogP contribution in [0.4, 0.5) is 15.3 Å². The molecule has 0 bridgehead atoms. The normalized spacial score (nSPS) is 15.6. The van der Waals surface area contributed by atoms with Crippen molar-refractivity contribution in [3.8, 4) is 0 Å². The van der Waals surface area contributed by atoms with Gasteiger partial charge in [-0.15, -0.1) is 0 Å². The van der Waals surface area contributed by atoms with Crippen LogP contribution in [-0.4, -0.2) is 53.9 Å². The summed E-state index contributed by atoms with van der Waals surface area (Å²) in [5.74, 6) is 0.336. The molecule has 0 unspecified atom stereocenters. The fraction of sp³-hybridized carbons (Fsp3) is 0.310. The van der Waals surface area contributed by atoms with E-state index in [2.05, 4.69) is 15.5 Å². The number of aromatic nitrogens is 1. The lowest BCUT2D eigenvalue weighted by Gasteiger charge is -2.33. The van der Waals surface area contributed by atoms with Crippen molar-refractivity contribution in [2.75, 3.05) is 31.6 Å². The molecule has 0 spiro atoms. The molecule has 2 N–H and O–H groups in total. The van der Waals surface area contributed by atoms with Crippen molar-refractivity contribution in [2.24, 2.45) is 5.92 Å². The molecular formula is C29H32N4O3. The number of anilines is 1. The lowest BCUT2D eigenvalue weighted by molar-refractivity contribution is 0.0962. The summed E-state index contributed by atoms with van der Waals surface area (Å²) in [5.41, 5.74) is 2.52. The first-order valence-electron chi connectivity index (χ1n) is 12.6. The van der Waals surface area contributed by atoms with Gasteiger partial charge in [0.05, 0.1) is 17.6 Å². The number of carbonyl (C=O) groups excluding carboxylic acids is 2. The van der Waals surface area contributed by atoms with Crippen molar-refractivity contribution in [1.29, 1.82) is 0 Å². The van der Waals surface area contributed by atoms with Crippen molar-refractivity contribution in [1.82, 2.24) is 14.8 Å². The summed E-state index contributed by atoms with van der Waals surface area (Å²) >= 11 is 0. The summed E-state index contributed by atoms with van der Waals surface area (Å²) in [6.45, 7) is 5.06. The highest BCUT2D eigenvalue weighted by molar-refractivity contribution is 6.12. The fourth-order valence-corrected chi connectivity index (χ4v) is 5.05. The van der Waals surface area contributed by atoms with E-state index in [9.17, 15) is 9.59 Å². The molecule has 1 fully saturated rings. The summed E-state index contributed by atoms with van der Waals surface area (Å²) in [6.07, 6.45) is 1.60. The minimum absolute atomic E-state index is 0.0263. The number of para-hydroxylation sites is 3. The number of likely N-dealkylation sites (tertiary alicyclic amines) is 1. The van der Waals surface area contributed by atoms with Crippen LogP contribution in [0.2, 0.25) is 0 Å². The van der Waals surface area contributed by atoms with Crippen LogP contribution < -0.4 is 10.6 Å². The molecule has 0 radical (unpaired) electrons. The van der Waals surface area contributed by atoms with Crippen molar-refractivity contribution < 1.29 is 14.3 Å². The number of urea groups is 1. The van der Waals surface area contributed by atoms with Crippen molar-refractivity contribution in [3.05, 3.63) is 78.9 Å². The first kappa shape index (κ1) is 23.9. The van der Waals surface area contributed by atoms with E-state index in [1.54, 1.807) is 4.57 Å². The van der Waals surface area contributed by atoms with Crippen LogP contribution in [0.15, 0.2) is 78.9 Å². The Hall–Kier alpha value is -3.84. The van der Waals surface area contributed by atoms with Crippen molar-refractivity contribution in [2.45, 2.75) is 25.8 Å². The van der Waals surface area contributed by atoms with Crippen molar-refractivity contribution in [3.63, 3.8) is 0 Å². The second kappa shape index (κ2) is 10.8. The molecule has 2 heterocycles. The Balaban J connectivity index is 1.10. The van der Waals surface area contributed by atoms with Crippen molar-refractivity contribution >= 4 is 39.6 Å². The fourth-order valence-electron chi connectivity index (χ4n) is 5.05. The lowest BCUT2D eigenvalue weighted by Crippen LogP contribution is -2.46. The maximum absolute atomic E-state index is 13.1. The Morgan fingerprint density at radius 2 is 1.47 bits per heavy atom. The van der Waals surface area contributed by atoms with Gasteiger partial charge in [0.25, 0.3) is 0 Å². The van der Waals surface area contributed by atoms with Gasteiger partial charge in [-0.05, 0) is 63.0 Å². The van der Waals surface area contributed by atoms with Crippen LogP contribution >= 0.6 is 0 Å². The van der Waals surface area contributed by atoms with E-state index in [4.69, 9.17) is 4.74 Å². The second-order valence-corrected chi connectivity index (χ2v) is 9.56. The van der Waals surface area contributed by atoms with Gasteiger partial charge in [-0.2, -0.15) is 0 Å². The zero-order valence-electron chi connectivity index (χ0n) is 20.5. The molecule has 1 aromatic heterocycles. The molecule has 7 nitrogen and oxygen atoms in total. The Bertz CT molecular complexity index is 1290. The molecular weight excluding hydrogens is 452 g/mol. The highest BCUT2D eigenvalue weighted by Gasteiger charge is 2.23. The number of nitrogens with zero attached hydrogens (tertiary/aromatic N) is 2. The summed E-state index contributed by atoms with van der Waals surface area (Å²) in [4.78, 5) is 27.7. The van der Waals surface area contributed by atoms with E-state index < -0.39 is 0 Å². The number of carbonyl (C=O) groups is 2. The summed E-state index contributed by atoms with van der Waals surface area (Å²) < 4.78 is 7.50. The standard InChI is InChI=1S/C29H32N4O3/c1-21(30-28(34)31-23-9-3-2-4-10-23)19-32-17-15-22(16-18-32)20-36-29(35)33-26-13-7-5-11-24(26)25-12-6-8-14-27(25)33/h2-14,21-22H,15-20H2,1H3,(H2,30,31,34)/t21-/m0/s1. The van der Waals surface area contributed by atoms with E-state index >= 15 is 0 Å². The SMILES string of the molecule is C[C@@H](CN1CCC(COC(=O)n2c3ccccc3c3ccccc32)CC1)NC(=O)Nc1ccccc1. The Kier molecular flexibility index (Phi) is 7.18. The molecule has 5 rings (SSSR count). The number of amides is 2. The van der Waals surface area contributed by atoms with Gasteiger partial charge in [-0.25, -0.2) is 14.2 Å². The van der Waals surface area contributed by atoms with Gasteiger partial charge in [0, 0.05) is 29.0 Å². The number of fused-ring (bicyclic) bond motifs is 3.